The van der Waals surface area contributed by atoms with Crippen molar-refractivity contribution in [2.75, 3.05) is 19.7 Å². The molecule has 2 aromatic heterocycles. The van der Waals surface area contributed by atoms with Crippen molar-refractivity contribution in [2.24, 2.45) is 0 Å². The molecule has 1 aliphatic rings. The molecule has 1 atom stereocenters. The summed E-state index contributed by atoms with van der Waals surface area (Å²) in [6.07, 6.45) is 13.1. The van der Waals surface area contributed by atoms with Crippen molar-refractivity contribution in [1.82, 2.24) is 30.6 Å². The summed E-state index contributed by atoms with van der Waals surface area (Å²) in [7, 11) is 0. The van der Waals surface area contributed by atoms with Gasteiger partial charge >= 0.3 is 5.97 Å². The van der Waals surface area contributed by atoms with Crippen LogP contribution in [0.15, 0.2) is 54.7 Å². The summed E-state index contributed by atoms with van der Waals surface area (Å²) in [4.78, 5) is 28.6. The first-order chi connectivity index (χ1) is 19.2. The average Bonchev–Trinajstić information content (AvgIpc) is 3.76. The smallest absolute Gasteiger partial charge is 0.357 e. The fourth-order valence-corrected chi connectivity index (χ4v) is 4.68. The van der Waals surface area contributed by atoms with Gasteiger partial charge in [-0.25, -0.2) is 14.8 Å². The fourth-order valence-electron chi connectivity index (χ4n) is 4.68. The molecule has 0 bridgehead atoms. The van der Waals surface area contributed by atoms with Gasteiger partial charge in [0.15, 0.2) is 5.69 Å². The number of imidazole rings is 2. The number of nitrogens with one attached hydrogen (secondary N) is 4. The van der Waals surface area contributed by atoms with E-state index in [9.17, 15) is 4.79 Å². The van der Waals surface area contributed by atoms with E-state index in [-0.39, 0.29) is 12.0 Å². The quantitative estimate of drug-likeness (QED) is 0.124. The fraction of sp³-hybridized carbons (Fsp3) is 0.323. The molecule has 0 amide bonds. The van der Waals surface area contributed by atoms with Crippen LogP contribution in [0.4, 0.5) is 0 Å². The molecule has 0 spiro atoms. The van der Waals surface area contributed by atoms with Crippen LogP contribution in [0.25, 0.3) is 33.6 Å². The van der Waals surface area contributed by atoms with Crippen LogP contribution in [-0.2, 0) is 11.3 Å². The number of aromatic nitrogens is 4. The molecule has 0 aliphatic carbocycles. The lowest BCUT2D eigenvalue weighted by molar-refractivity contribution is 0.0521. The summed E-state index contributed by atoms with van der Waals surface area (Å²) in [5.41, 5.74) is 6.23. The monoisotopic (exact) mass is 524 g/mol. The number of rotatable bonds is 10. The normalized spacial score (nSPS) is 14.5. The number of aromatic amines is 2. The predicted octanol–water partition coefficient (Wildman–Crippen LogP) is 5.48. The number of carbonyl (C=O) groups is 1. The van der Waals surface area contributed by atoms with Crippen molar-refractivity contribution in [2.45, 2.75) is 45.7 Å². The molecule has 4 N–H and O–H groups in total. The summed E-state index contributed by atoms with van der Waals surface area (Å²) in [5.74, 6) is 1.35. The average molecular weight is 525 g/mol. The maximum absolute atomic E-state index is 12.6. The molecule has 0 radical (unpaired) electrons. The van der Waals surface area contributed by atoms with Crippen molar-refractivity contribution >= 4 is 5.97 Å². The van der Waals surface area contributed by atoms with Crippen LogP contribution in [0.2, 0.25) is 0 Å². The Hall–Kier alpha value is -4.19. The van der Waals surface area contributed by atoms with Gasteiger partial charge in [0.05, 0.1) is 31.1 Å². The van der Waals surface area contributed by atoms with Crippen LogP contribution < -0.4 is 10.6 Å². The van der Waals surface area contributed by atoms with E-state index in [2.05, 4.69) is 81.8 Å². The highest BCUT2D eigenvalue weighted by Gasteiger charge is 2.25. The maximum atomic E-state index is 12.6. The second-order valence-electron chi connectivity index (χ2n) is 9.29. The second-order valence-corrected chi connectivity index (χ2v) is 9.29. The summed E-state index contributed by atoms with van der Waals surface area (Å²) in [6, 6.07) is 16.7. The van der Waals surface area contributed by atoms with Crippen molar-refractivity contribution < 1.29 is 9.53 Å². The van der Waals surface area contributed by atoms with Crippen molar-refractivity contribution in [1.29, 1.82) is 0 Å². The molecule has 0 unspecified atom stereocenters. The first-order valence-corrected chi connectivity index (χ1v) is 13.5. The van der Waals surface area contributed by atoms with Gasteiger partial charge in [0, 0.05) is 5.56 Å². The van der Waals surface area contributed by atoms with E-state index >= 15 is 0 Å². The number of carbonyl (C=O) groups excluding carboxylic acids is 1. The Morgan fingerprint density at radius 3 is 2.28 bits per heavy atom. The molecule has 5 rings (SSSR count). The van der Waals surface area contributed by atoms with E-state index in [0.717, 1.165) is 78.5 Å². The largest absolute Gasteiger partial charge is 0.461 e. The zero-order chi connectivity index (χ0) is 27.6. The number of nitrogens with zero attached hydrogens (tertiary/aromatic N) is 2. The second kappa shape index (κ2) is 13.6. The number of hydrogen-bond donors (Lipinski definition) is 4. The van der Waals surface area contributed by atoms with Crippen molar-refractivity contribution in [3.8, 4) is 46.5 Å². The first kappa shape index (κ1) is 27.8. The highest BCUT2D eigenvalue weighted by Crippen LogP contribution is 2.30. The number of benzene rings is 2. The summed E-state index contributed by atoms with van der Waals surface area (Å²) >= 11 is 0. The molecule has 3 heterocycles. The first-order valence-electron chi connectivity index (χ1n) is 13.5. The Kier molecular flexibility index (Phi) is 9.68. The highest BCUT2D eigenvalue weighted by molar-refractivity contribution is 5.94. The van der Waals surface area contributed by atoms with Gasteiger partial charge < -0.3 is 25.3 Å². The molecular formula is C31H36N6O2. The third-order valence-electron chi connectivity index (χ3n) is 6.63. The van der Waals surface area contributed by atoms with Crippen LogP contribution in [0.5, 0.6) is 0 Å². The molecular weight excluding hydrogens is 488 g/mol. The SMILES string of the molecule is C#C.CCCNCc1ncc(-c2ccc(-c3ccc(-c4nc([C@@H]5CCCN5)[nH]c4C(=O)OCC)cc3)cc2)[nH]1. The van der Waals surface area contributed by atoms with Gasteiger partial charge in [-0.1, -0.05) is 55.5 Å². The van der Waals surface area contributed by atoms with E-state index in [1.807, 2.05) is 25.3 Å². The van der Waals surface area contributed by atoms with Crippen molar-refractivity contribution in [3.05, 3.63) is 72.1 Å². The van der Waals surface area contributed by atoms with Crippen molar-refractivity contribution in [3.63, 3.8) is 0 Å². The molecule has 1 fully saturated rings. The van der Waals surface area contributed by atoms with E-state index in [4.69, 9.17) is 9.72 Å². The molecule has 0 saturated carbocycles. The Balaban J connectivity index is 0.00000172. The molecule has 2 aromatic carbocycles. The lowest BCUT2D eigenvalue weighted by atomic mass is 10.0. The number of ether oxygens (including phenoxy) is 1. The molecule has 202 valence electrons. The van der Waals surface area contributed by atoms with Crippen LogP contribution in [0.1, 0.15) is 61.3 Å². The predicted molar refractivity (Wildman–Crippen MR) is 155 cm³/mol. The number of hydrogen-bond acceptors (Lipinski definition) is 6. The van der Waals surface area contributed by atoms with E-state index in [0.29, 0.717) is 18.0 Å². The van der Waals surface area contributed by atoms with Gasteiger partial charge in [-0.2, -0.15) is 0 Å². The maximum Gasteiger partial charge on any atom is 0.357 e. The molecule has 8 heteroatoms. The van der Waals surface area contributed by atoms with Gasteiger partial charge in [-0.15, -0.1) is 12.8 Å². The number of esters is 1. The topological polar surface area (TPSA) is 108 Å². The molecule has 1 saturated heterocycles. The van der Waals surface area contributed by atoms with Crippen LogP contribution >= 0.6 is 0 Å². The van der Waals surface area contributed by atoms with Crippen LogP contribution in [0, 0.1) is 12.8 Å². The van der Waals surface area contributed by atoms with Gasteiger partial charge in [0.2, 0.25) is 0 Å². The summed E-state index contributed by atoms with van der Waals surface area (Å²) in [5, 5.41) is 6.81. The minimum Gasteiger partial charge on any atom is -0.461 e. The number of H-pyrrole nitrogens is 2. The Bertz CT molecular complexity index is 1360. The number of terminal acetylenes is 1. The summed E-state index contributed by atoms with van der Waals surface area (Å²) < 4.78 is 5.29. The molecule has 39 heavy (non-hydrogen) atoms. The lowest BCUT2D eigenvalue weighted by Gasteiger charge is -2.06. The third-order valence-corrected chi connectivity index (χ3v) is 6.63. The lowest BCUT2D eigenvalue weighted by Crippen LogP contribution is -2.14. The zero-order valence-electron chi connectivity index (χ0n) is 22.6. The van der Waals surface area contributed by atoms with Gasteiger partial charge in [0.25, 0.3) is 0 Å². The highest BCUT2D eigenvalue weighted by atomic mass is 16.5. The minimum atomic E-state index is -0.378. The Labute approximate surface area is 230 Å². The summed E-state index contributed by atoms with van der Waals surface area (Å²) in [6.45, 7) is 6.96. The van der Waals surface area contributed by atoms with E-state index in [1.165, 1.54) is 0 Å². The minimum absolute atomic E-state index is 0.137. The molecule has 8 nitrogen and oxygen atoms in total. The van der Waals surface area contributed by atoms with E-state index in [1.54, 1.807) is 0 Å². The Morgan fingerprint density at radius 1 is 1.00 bits per heavy atom. The van der Waals surface area contributed by atoms with Gasteiger partial charge in [-0.05, 0) is 56.0 Å². The van der Waals surface area contributed by atoms with Crippen LogP contribution in [0.3, 0.4) is 0 Å². The Morgan fingerprint density at radius 2 is 1.67 bits per heavy atom. The van der Waals surface area contributed by atoms with Crippen LogP contribution in [-0.4, -0.2) is 45.6 Å². The van der Waals surface area contributed by atoms with E-state index < -0.39 is 0 Å². The molecule has 1 aliphatic heterocycles. The third kappa shape index (κ3) is 6.63. The van der Waals surface area contributed by atoms with Gasteiger partial charge in [-0.3, -0.25) is 0 Å². The van der Waals surface area contributed by atoms with Gasteiger partial charge in [0.1, 0.15) is 17.3 Å². The standard InChI is InChI=1S/C29H34N6O2.C2H2/c1-3-15-30-18-25-32-17-24(33-25)21-11-7-19(8-12-21)20-9-13-22(14-10-20)26-27(29(36)37-4-2)35-28(34-26)23-6-5-16-31-23;1-2/h7-14,17,23,30-31H,3-6,15-16,18H2,1-2H3,(H,32,33)(H,34,35);1-2H/t23-;/m0./s1. The molecule has 4 aromatic rings. The zero-order valence-corrected chi connectivity index (χ0v) is 22.6.